The van der Waals surface area contributed by atoms with Gasteiger partial charge in [-0.25, -0.2) is 4.39 Å². The van der Waals surface area contributed by atoms with Gasteiger partial charge in [-0.15, -0.1) is 0 Å². The molecule has 19 heavy (non-hydrogen) atoms. The van der Waals surface area contributed by atoms with Crippen molar-refractivity contribution in [1.29, 1.82) is 0 Å². The van der Waals surface area contributed by atoms with E-state index < -0.39 is 19.0 Å². The van der Waals surface area contributed by atoms with Crippen LogP contribution in [0.3, 0.4) is 0 Å². The summed E-state index contributed by atoms with van der Waals surface area (Å²) in [5, 5.41) is 2.52. The van der Waals surface area contributed by atoms with E-state index in [1.807, 2.05) is 0 Å². The topological polar surface area (TPSA) is 25.2 Å². The Morgan fingerprint density at radius 2 is 2.05 bits per heavy atom. The smallest absolute Gasteiger partial charge is 0.407 e. The molecule has 2 nitrogen and oxygen atoms in total. The Labute approximate surface area is 106 Å². The number of benzene rings is 1. The van der Waals surface area contributed by atoms with Crippen LogP contribution in [-0.2, 0) is 0 Å². The van der Waals surface area contributed by atoms with E-state index in [1.165, 1.54) is 18.4 Å². The van der Waals surface area contributed by atoms with Gasteiger partial charge in [0.15, 0.2) is 0 Å². The summed E-state index contributed by atoms with van der Waals surface area (Å²) >= 11 is 0. The zero-order chi connectivity index (χ0) is 14.0. The van der Waals surface area contributed by atoms with E-state index in [0.717, 1.165) is 5.39 Å². The second-order valence-corrected chi connectivity index (χ2v) is 4.01. The van der Waals surface area contributed by atoms with Crippen LogP contribution in [0.2, 0.25) is 0 Å². The van der Waals surface area contributed by atoms with Gasteiger partial charge in [0.05, 0.1) is 6.26 Å². The van der Waals surface area contributed by atoms with Crippen molar-refractivity contribution in [3.63, 3.8) is 0 Å². The van der Waals surface area contributed by atoms with Gasteiger partial charge in [-0.2, -0.15) is 13.2 Å². The standard InChI is InChI=1S/C13H11F4NO/c1-8(12(18-7-14)13(15,16)17)10-3-2-9-4-5-19-11(9)6-10/h2-6,12,18H,1,7H2. The molecule has 1 aromatic carbocycles. The Kier molecular flexibility index (Phi) is 3.61. The van der Waals surface area contributed by atoms with Gasteiger partial charge in [0.1, 0.15) is 18.4 Å². The largest absolute Gasteiger partial charge is 0.464 e. The van der Waals surface area contributed by atoms with Crippen LogP contribution < -0.4 is 5.32 Å². The summed E-state index contributed by atoms with van der Waals surface area (Å²) in [4.78, 5) is 0. The summed E-state index contributed by atoms with van der Waals surface area (Å²) in [5.41, 5.74) is 0.467. The fourth-order valence-electron chi connectivity index (χ4n) is 1.83. The van der Waals surface area contributed by atoms with Crippen LogP contribution in [0.4, 0.5) is 17.6 Å². The van der Waals surface area contributed by atoms with Gasteiger partial charge in [-0.05, 0) is 23.3 Å². The maximum Gasteiger partial charge on any atom is 0.407 e. The molecule has 6 heteroatoms. The average molecular weight is 273 g/mol. The molecule has 0 spiro atoms. The fraction of sp³-hybridized carbons (Fsp3) is 0.231. The Hall–Kier alpha value is -1.82. The van der Waals surface area contributed by atoms with E-state index in [-0.39, 0.29) is 11.1 Å². The number of furan rings is 1. The summed E-state index contributed by atoms with van der Waals surface area (Å²) in [6, 6.07) is 4.16. The quantitative estimate of drug-likeness (QED) is 0.675. The highest BCUT2D eigenvalue weighted by Crippen LogP contribution is 2.31. The maximum absolute atomic E-state index is 12.8. The Morgan fingerprint density at radius 1 is 1.32 bits per heavy atom. The molecule has 0 amide bonds. The molecule has 0 saturated heterocycles. The molecule has 0 aliphatic carbocycles. The van der Waals surface area contributed by atoms with Crippen LogP contribution in [-0.4, -0.2) is 19.0 Å². The zero-order valence-corrected chi connectivity index (χ0v) is 9.80. The van der Waals surface area contributed by atoms with E-state index >= 15 is 0 Å². The molecular formula is C13H11F4NO. The number of fused-ring (bicyclic) bond motifs is 1. The molecular weight excluding hydrogens is 262 g/mol. The minimum absolute atomic E-state index is 0.247. The predicted molar refractivity (Wildman–Crippen MR) is 64.2 cm³/mol. The second-order valence-electron chi connectivity index (χ2n) is 4.01. The summed E-state index contributed by atoms with van der Waals surface area (Å²) in [5.74, 6) is 0. The Balaban J connectivity index is 2.35. The van der Waals surface area contributed by atoms with Gasteiger partial charge in [0.25, 0.3) is 0 Å². The van der Waals surface area contributed by atoms with Crippen molar-refractivity contribution in [3.8, 4) is 0 Å². The molecule has 0 saturated carbocycles. The molecule has 2 rings (SSSR count). The van der Waals surface area contributed by atoms with Crippen molar-refractivity contribution in [2.24, 2.45) is 0 Å². The van der Waals surface area contributed by atoms with Crippen molar-refractivity contribution in [3.05, 3.63) is 42.7 Å². The molecule has 0 radical (unpaired) electrons. The lowest BCUT2D eigenvalue weighted by Crippen LogP contribution is -2.42. The molecule has 1 N–H and O–H groups in total. The second kappa shape index (κ2) is 5.05. The SMILES string of the molecule is C=C(c1ccc2ccoc2c1)C(NCF)C(F)(F)F. The number of nitrogens with one attached hydrogen (secondary N) is 1. The molecule has 1 unspecified atom stereocenters. The third-order valence-electron chi connectivity index (χ3n) is 2.78. The average Bonchev–Trinajstić information content (AvgIpc) is 2.80. The van der Waals surface area contributed by atoms with Crippen LogP contribution in [0.1, 0.15) is 5.56 Å². The van der Waals surface area contributed by atoms with Crippen molar-refractivity contribution in [1.82, 2.24) is 5.32 Å². The van der Waals surface area contributed by atoms with Gasteiger partial charge in [0, 0.05) is 5.39 Å². The summed E-state index contributed by atoms with van der Waals surface area (Å²) in [7, 11) is 0. The van der Waals surface area contributed by atoms with E-state index in [1.54, 1.807) is 17.4 Å². The molecule has 1 atom stereocenters. The van der Waals surface area contributed by atoms with Crippen LogP contribution in [0.25, 0.3) is 16.5 Å². The van der Waals surface area contributed by atoms with Crippen LogP contribution in [0.5, 0.6) is 0 Å². The Morgan fingerprint density at radius 3 is 2.68 bits per heavy atom. The third kappa shape index (κ3) is 2.78. The lowest BCUT2D eigenvalue weighted by molar-refractivity contribution is -0.143. The molecule has 1 heterocycles. The van der Waals surface area contributed by atoms with Crippen LogP contribution in [0.15, 0.2) is 41.5 Å². The third-order valence-corrected chi connectivity index (χ3v) is 2.78. The molecule has 1 aromatic heterocycles. The van der Waals surface area contributed by atoms with Crippen LogP contribution >= 0.6 is 0 Å². The zero-order valence-electron chi connectivity index (χ0n) is 9.80. The number of rotatable bonds is 4. The molecule has 0 bridgehead atoms. The van der Waals surface area contributed by atoms with Crippen molar-refractivity contribution in [2.45, 2.75) is 12.2 Å². The molecule has 0 aliphatic heterocycles. The van der Waals surface area contributed by atoms with Crippen molar-refractivity contribution >= 4 is 16.5 Å². The predicted octanol–water partition coefficient (Wildman–Crippen LogP) is 3.89. The van der Waals surface area contributed by atoms with Crippen molar-refractivity contribution in [2.75, 3.05) is 6.80 Å². The number of hydrogen-bond donors (Lipinski definition) is 1. The number of halogens is 4. The minimum Gasteiger partial charge on any atom is -0.464 e. The van der Waals surface area contributed by atoms with E-state index in [2.05, 4.69) is 6.58 Å². The monoisotopic (exact) mass is 273 g/mol. The number of hydrogen-bond acceptors (Lipinski definition) is 2. The molecule has 0 aliphatic rings. The van der Waals surface area contributed by atoms with Gasteiger partial charge in [-0.1, -0.05) is 18.7 Å². The highest BCUT2D eigenvalue weighted by Gasteiger charge is 2.41. The first-order chi connectivity index (χ1) is 8.93. The highest BCUT2D eigenvalue weighted by molar-refractivity contribution is 5.82. The van der Waals surface area contributed by atoms with Crippen LogP contribution in [0, 0.1) is 0 Å². The summed E-state index contributed by atoms with van der Waals surface area (Å²) in [6.07, 6.45) is -3.17. The lowest BCUT2D eigenvalue weighted by atomic mass is 9.99. The summed E-state index contributed by atoms with van der Waals surface area (Å²) < 4.78 is 55.7. The molecule has 2 aromatic rings. The van der Waals surface area contributed by atoms with Crippen molar-refractivity contribution < 1.29 is 22.0 Å². The molecule has 0 fully saturated rings. The fourth-order valence-corrected chi connectivity index (χ4v) is 1.83. The first kappa shape index (κ1) is 13.6. The first-order valence-electron chi connectivity index (χ1n) is 5.46. The highest BCUT2D eigenvalue weighted by atomic mass is 19.4. The normalized spacial score (nSPS) is 13.7. The number of alkyl halides is 4. The first-order valence-corrected chi connectivity index (χ1v) is 5.46. The Bertz CT molecular complexity index is 588. The van der Waals surface area contributed by atoms with Gasteiger partial charge < -0.3 is 4.42 Å². The molecule has 102 valence electrons. The van der Waals surface area contributed by atoms with Gasteiger partial charge >= 0.3 is 6.18 Å². The maximum atomic E-state index is 12.8. The summed E-state index contributed by atoms with van der Waals surface area (Å²) in [6.45, 7) is 2.13. The van der Waals surface area contributed by atoms with E-state index in [4.69, 9.17) is 4.42 Å². The van der Waals surface area contributed by atoms with Gasteiger partial charge in [0.2, 0.25) is 0 Å². The van der Waals surface area contributed by atoms with Gasteiger partial charge in [-0.3, -0.25) is 5.32 Å². The lowest BCUT2D eigenvalue weighted by Gasteiger charge is -2.22. The minimum atomic E-state index is -4.61. The van der Waals surface area contributed by atoms with E-state index in [0.29, 0.717) is 5.58 Å². The van der Waals surface area contributed by atoms with E-state index in [9.17, 15) is 17.6 Å².